The number of hydrogen-bond donors (Lipinski definition) is 1. The van der Waals surface area contributed by atoms with E-state index in [1.165, 1.54) is 10.7 Å². The molecule has 118 valence electrons. The summed E-state index contributed by atoms with van der Waals surface area (Å²) in [5, 5.41) is 10.9. The molecule has 0 saturated heterocycles. The van der Waals surface area contributed by atoms with E-state index in [1.807, 2.05) is 12.3 Å². The number of esters is 1. The smallest absolute Gasteiger partial charge is 0.356 e. The van der Waals surface area contributed by atoms with Crippen molar-refractivity contribution in [2.75, 3.05) is 13.2 Å². The van der Waals surface area contributed by atoms with Crippen molar-refractivity contribution >= 4 is 11.9 Å². The van der Waals surface area contributed by atoms with E-state index in [4.69, 9.17) is 4.74 Å². The molecule has 0 aliphatic heterocycles. The van der Waals surface area contributed by atoms with Crippen molar-refractivity contribution in [3.8, 4) is 0 Å². The molecule has 2 aromatic heterocycles. The third-order valence-electron chi connectivity index (χ3n) is 3.01. The minimum Gasteiger partial charge on any atom is -0.461 e. The normalized spacial score (nSPS) is 10.5. The summed E-state index contributed by atoms with van der Waals surface area (Å²) in [5.74, 6) is -0.804. The summed E-state index contributed by atoms with van der Waals surface area (Å²) < 4.78 is 8.04. The Morgan fingerprint density at radius 1 is 1.41 bits per heavy atom. The van der Waals surface area contributed by atoms with Crippen LogP contribution in [0.3, 0.4) is 0 Å². The molecule has 0 saturated carbocycles. The Hall–Kier alpha value is -2.64. The molecule has 0 atom stereocenters. The van der Waals surface area contributed by atoms with Crippen LogP contribution in [0.15, 0.2) is 24.5 Å². The summed E-state index contributed by atoms with van der Waals surface area (Å²) in [4.78, 5) is 23.7. The first-order valence-corrected chi connectivity index (χ1v) is 7.08. The van der Waals surface area contributed by atoms with Gasteiger partial charge in [0, 0.05) is 38.6 Å². The molecule has 2 rings (SSSR count). The van der Waals surface area contributed by atoms with Gasteiger partial charge < -0.3 is 10.1 Å². The maximum absolute atomic E-state index is 12.0. The highest BCUT2D eigenvalue weighted by Gasteiger charge is 2.17. The Bertz CT molecular complexity index is 633. The molecule has 0 spiro atoms. The number of rotatable bonds is 7. The highest BCUT2D eigenvalue weighted by Crippen LogP contribution is 2.05. The van der Waals surface area contributed by atoms with Gasteiger partial charge in [-0.25, -0.2) is 4.79 Å². The van der Waals surface area contributed by atoms with E-state index < -0.39 is 5.97 Å². The van der Waals surface area contributed by atoms with Gasteiger partial charge in [-0.2, -0.15) is 10.2 Å². The molecule has 2 heterocycles. The number of nitrogens with one attached hydrogen (secondary N) is 1. The second-order valence-electron chi connectivity index (χ2n) is 4.64. The number of aryl methyl sites for hydroxylation is 2. The fraction of sp³-hybridized carbons (Fsp3) is 0.429. The van der Waals surface area contributed by atoms with Gasteiger partial charge in [0.2, 0.25) is 0 Å². The zero-order valence-electron chi connectivity index (χ0n) is 12.7. The van der Waals surface area contributed by atoms with Gasteiger partial charge in [0.15, 0.2) is 5.69 Å². The van der Waals surface area contributed by atoms with Crippen molar-refractivity contribution in [3.63, 3.8) is 0 Å². The van der Waals surface area contributed by atoms with E-state index in [0.29, 0.717) is 6.54 Å². The highest BCUT2D eigenvalue weighted by molar-refractivity contribution is 5.95. The molecular weight excluding hydrogens is 286 g/mol. The molecule has 22 heavy (non-hydrogen) atoms. The van der Waals surface area contributed by atoms with Gasteiger partial charge in [0.1, 0.15) is 5.69 Å². The monoisotopic (exact) mass is 305 g/mol. The minimum absolute atomic E-state index is 0.199. The van der Waals surface area contributed by atoms with Gasteiger partial charge in [0.25, 0.3) is 5.91 Å². The molecule has 0 unspecified atom stereocenters. The molecule has 0 aliphatic carbocycles. The zero-order chi connectivity index (χ0) is 15.9. The van der Waals surface area contributed by atoms with E-state index in [1.54, 1.807) is 24.9 Å². The quantitative estimate of drug-likeness (QED) is 0.598. The molecule has 8 heteroatoms. The average Bonchev–Trinajstić information content (AvgIpc) is 3.13. The van der Waals surface area contributed by atoms with Crippen molar-refractivity contribution in [1.29, 1.82) is 0 Å². The third-order valence-corrected chi connectivity index (χ3v) is 3.01. The predicted octanol–water partition coefficient (Wildman–Crippen LogP) is 0.613. The van der Waals surface area contributed by atoms with Gasteiger partial charge in [-0.1, -0.05) is 0 Å². The summed E-state index contributed by atoms with van der Waals surface area (Å²) in [6.07, 6.45) is 4.33. The standard InChI is InChI=1S/C14H19N5O3/c1-3-22-14(21)12-10-11(17-18(12)2)13(20)15-6-4-8-19-9-5-7-16-19/h5,7,9-10H,3-4,6,8H2,1-2H3,(H,15,20). The molecule has 0 aromatic carbocycles. The van der Waals surface area contributed by atoms with Crippen LogP contribution in [0.25, 0.3) is 0 Å². The molecule has 1 amide bonds. The maximum Gasteiger partial charge on any atom is 0.356 e. The van der Waals surface area contributed by atoms with Gasteiger partial charge in [-0.05, 0) is 19.4 Å². The van der Waals surface area contributed by atoms with Crippen molar-refractivity contribution in [2.24, 2.45) is 7.05 Å². The Morgan fingerprint density at radius 3 is 2.91 bits per heavy atom. The summed E-state index contributed by atoms with van der Waals surface area (Å²) in [7, 11) is 1.60. The van der Waals surface area contributed by atoms with Gasteiger partial charge >= 0.3 is 5.97 Å². The largest absolute Gasteiger partial charge is 0.461 e. The first-order chi connectivity index (χ1) is 10.6. The zero-order valence-corrected chi connectivity index (χ0v) is 12.7. The number of hydrogen-bond acceptors (Lipinski definition) is 5. The number of amides is 1. The lowest BCUT2D eigenvalue weighted by molar-refractivity contribution is 0.0513. The molecule has 2 aromatic rings. The van der Waals surface area contributed by atoms with Crippen LogP contribution in [0, 0.1) is 0 Å². The summed E-state index contributed by atoms with van der Waals surface area (Å²) in [6.45, 7) is 3.23. The Kier molecular flexibility index (Phi) is 5.29. The molecule has 0 fully saturated rings. The fourth-order valence-corrected chi connectivity index (χ4v) is 1.94. The van der Waals surface area contributed by atoms with Crippen molar-refractivity contribution < 1.29 is 14.3 Å². The predicted molar refractivity (Wildman–Crippen MR) is 78.3 cm³/mol. The first kappa shape index (κ1) is 15.7. The first-order valence-electron chi connectivity index (χ1n) is 7.08. The summed E-state index contributed by atoms with van der Waals surface area (Å²) in [5.41, 5.74) is 0.452. The molecule has 0 bridgehead atoms. The van der Waals surface area contributed by atoms with Crippen molar-refractivity contribution in [3.05, 3.63) is 35.9 Å². The number of carbonyl (C=O) groups excluding carboxylic acids is 2. The molecular formula is C14H19N5O3. The van der Waals surface area contributed by atoms with Crippen LogP contribution < -0.4 is 5.32 Å². The topological polar surface area (TPSA) is 91.0 Å². The van der Waals surface area contributed by atoms with Gasteiger partial charge in [0.05, 0.1) is 6.61 Å². The van der Waals surface area contributed by atoms with E-state index in [9.17, 15) is 9.59 Å². The Labute approximate surface area is 128 Å². The molecule has 1 N–H and O–H groups in total. The lowest BCUT2D eigenvalue weighted by Gasteiger charge is -2.03. The second-order valence-corrected chi connectivity index (χ2v) is 4.64. The van der Waals surface area contributed by atoms with Crippen LogP contribution in [0.5, 0.6) is 0 Å². The summed E-state index contributed by atoms with van der Waals surface area (Å²) in [6, 6.07) is 3.28. The van der Waals surface area contributed by atoms with Gasteiger partial charge in [-0.15, -0.1) is 0 Å². The number of nitrogens with zero attached hydrogens (tertiary/aromatic N) is 4. The van der Waals surface area contributed by atoms with Gasteiger partial charge in [-0.3, -0.25) is 14.2 Å². The maximum atomic E-state index is 12.0. The number of aromatic nitrogens is 4. The van der Waals surface area contributed by atoms with Crippen LogP contribution >= 0.6 is 0 Å². The Balaban J connectivity index is 1.84. The van der Waals surface area contributed by atoms with E-state index in [0.717, 1.165) is 13.0 Å². The van der Waals surface area contributed by atoms with Crippen LogP contribution in [-0.4, -0.2) is 44.6 Å². The summed E-state index contributed by atoms with van der Waals surface area (Å²) >= 11 is 0. The van der Waals surface area contributed by atoms with Crippen molar-refractivity contribution in [2.45, 2.75) is 19.9 Å². The average molecular weight is 305 g/mol. The van der Waals surface area contributed by atoms with Crippen molar-refractivity contribution in [1.82, 2.24) is 24.9 Å². The van der Waals surface area contributed by atoms with E-state index in [2.05, 4.69) is 15.5 Å². The van der Waals surface area contributed by atoms with Crippen LogP contribution in [-0.2, 0) is 18.3 Å². The molecule has 0 radical (unpaired) electrons. The molecule has 0 aliphatic rings. The lowest BCUT2D eigenvalue weighted by atomic mass is 10.3. The van der Waals surface area contributed by atoms with Crippen LogP contribution in [0.1, 0.15) is 34.3 Å². The van der Waals surface area contributed by atoms with Crippen LogP contribution in [0.4, 0.5) is 0 Å². The highest BCUT2D eigenvalue weighted by atomic mass is 16.5. The van der Waals surface area contributed by atoms with Crippen LogP contribution in [0.2, 0.25) is 0 Å². The fourth-order valence-electron chi connectivity index (χ4n) is 1.94. The molecule has 8 nitrogen and oxygen atoms in total. The Morgan fingerprint density at radius 2 is 2.23 bits per heavy atom. The second kappa shape index (κ2) is 7.39. The SMILES string of the molecule is CCOC(=O)c1cc(C(=O)NCCCn2cccn2)nn1C. The number of ether oxygens (including phenoxy) is 1. The van der Waals surface area contributed by atoms with E-state index in [-0.39, 0.29) is 23.9 Å². The van der Waals surface area contributed by atoms with E-state index >= 15 is 0 Å². The lowest BCUT2D eigenvalue weighted by Crippen LogP contribution is -2.25. The number of carbonyl (C=O) groups is 2. The minimum atomic E-state index is -0.491. The third kappa shape index (κ3) is 3.94.